The molecule has 1 saturated carbocycles. The van der Waals surface area contributed by atoms with E-state index in [0.717, 1.165) is 24.3 Å². The molecule has 2 aromatic rings. The Bertz CT molecular complexity index is 802. The standard InChI is InChI=1S/C19H23NS.C7H13NO/c1-4-6-11-16(10-5-2)14-18-19(21-15(3)20-18)17-12-8-7-9-13-17;9-6-8-7-4-2-1-3-5-7/h5,7-13H,4,6,14H2,1-3H3;6-7H,1-5H2,(H,8,9)/b10-5-,16-11+;. The van der Waals surface area contributed by atoms with Crippen LogP contribution in [0.1, 0.15) is 69.5 Å². The number of aromatic nitrogens is 1. The van der Waals surface area contributed by atoms with E-state index >= 15 is 0 Å². The molecule has 1 aliphatic carbocycles. The summed E-state index contributed by atoms with van der Waals surface area (Å²) in [4.78, 5) is 16.0. The maximum absolute atomic E-state index is 9.96. The average Bonchev–Trinajstić information content (AvgIpc) is 3.14. The molecule has 3 nitrogen and oxygen atoms in total. The number of carbonyl (C=O) groups excluding carboxylic acids is 1. The van der Waals surface area contributed by atoms with Gasteiger partial charge in [-0.15, -0.1) is 11.3 Å². The number of thiazole rings is 1. The topological polar surface area (TPSA) is 42.0 Å². The van der Waals surface area contributed by atoms with E-state index in [1.54, 1.807) is 11.3 Å². The van der Waals surface area contributed by atoms with Crippen LogP contribution in [0.25, 0.3) is 10.4 Å². The van der Waals surface area contributed by atoms with Gasteiger partial charge in [0, 0.05) is 12.5 Å². The first-order valence-electron chi connectivity index (χ1n) is 11.2. The Morgan fingerprint density at radius 3 is 2.57 bits per heavy atom. The van der Waals surface area contributed by atoms with E-state index in [1.165, 1.54) is 60.2 Å². The average molecular weight is 425 g/mol. The first-order chi connectivity index (χ1) is 14.7. The van der Waals surface area contributed by atoms with Gasteiger partial charge in [-0.2, -0.15) is 0 Å². The van der Waals surface area contributed by atoms with Crippen LogP contribution in [0.2, 0.25) is 0 Å². The number of rotatable bonds is 8. The van der Waals surface area contributed by atoms with Crippen molar-refractivity contribution in [1.82, 2.24) is 10.3 Å². The molecule has 0 atom stereocenters. The number of unbranched alkanes of at least 4 members (excludes halogenated alkanes) is 1. The van der Waals surface area contributed by atoms with Gasteiger partial charge in [0.25, 0.3) is 0 Å². The highest BCUT2D eigenvalue weighted by atomic mass is 32.1. The molecule has 0 spiro atoms. The Hall–Kier alpha value is -2.20. The van der Waals surface area contributed by atoms with Crippen LogP contribution in [-0.2, 0) is 11.2 Å². The molecule has 1 heterocycles. The Labute approximate surface area is 186 Å². The van der Waals surface area contributed by atoms with Crippen molar-refractivity contribution in [1.29, 1.82) is 0 Å². The SMILES string of the molecule is C/C=C\C(=C/CCC)Cc1nc(C)sc1-c1ccccc1.O=CNC1CCCCC1. The van der Waals surface area contributed by atoms with E-state index in [4.69, 9.17) is 4.98 Å². The van der Waals surface area contributed by atoms with Crippen LogP contribution in [0.15, 0.2) is 54.1 Å². The molecule has 1 aromatic carbocycles. The number of allylic oxidation sites excluding steroid dienone is 4. The molecule has 162 valence electrons. The largest absolute Gasteiger partial charge is 0.356 e. The van der Waals surface area contributed by atoms with Gasteiger partial charge in [-0.1, -0.05) is 81.2 Å². The summed E-state index contributed by atoms with van der Waals surface area (Å²) in [6.45, 7) is 6.38. The lowest BCUT2D eigenvalue weighted by molar-refractivity contribution is -0.110. The molecule has 1 fully saturated rings. The normalized spacial score (nSPS) is 15.0. The number of hydrogen-bond acceptors (Lipinski definition) is 3. The quantitative estimate of drug-likeness (QED) is 0.365. The highest BCUT2D eigenvalue weighted by Gasteiger charge is 2.12. The number of benzene rings is 1. The lowest BCUT2D eigenvalue weighted by Gasteiger charge is -2.19. The van der Waals surface area contributed by atoms with Crippen molar-refractivity contribution in [3.05, 3.63) is 64.8 Å². The summed E-state index contributed by atoms with van der Waals surface area (Å²) in [5.74, 6) is 0. The number of carbonyl (C=O) groups is 1. The molecule has 0 aliphatic heterocycles. The maximum atomic E-state index is 9.96. The lowest BCUT2D eigenvalue weighted by Crippen LogP contribution is -2.29. The number of amides is 1. The van der Waals surface area contributed by atoms with Crippen molar-refractivity contribution in [2.24, 2.45) is 0 Å². The highest BCUT2D eigenvalue weighted by molar-refractivity contribution is 7.15. The third-order valence-electron chi connectivity index (χ3n) is 5.20. The van der Waals surface area contributed by atoms with Gasteiger partial charge in [0.05, 0.1) is 15.6 Å². The van der Waals surface area contributed by atoms with Gasteiger partial charge in [0.1, 0.15) is 0 Å². The summed E-state index contributed by atoms with van der Waals surface area (Å²) in [5.41, 5.74) is 3.83. The second kappa shape index (κ2) is 13.9. The third kappa shape index (κ3) is 8.27. The van der Waals surface area contributed by atoms with Crippen molar-refractivity contribution < 1.29 is 4.79 Å². The molecule has 1 aliphatic rings. The second-order valence-corrected chi connectivity index (χ2v) is 8.94. The zero-order valence-electron chi connectivity index (χ0n) is 18.7. The molecule has 1 N–H and O–H groups in total. The van der Waals surface area contributed by atoms with E-state index in [1.807, 2.05) is 0 Å². The number of aryl methyl sites for hydroxylation is 1. The van der Waals surface area contributed by atoms with E-state index in [2.05, 4.69) is 74.6 Å². The van der Waals surface area contributed by atoms with Crippen molar-refractivity contribution >= 4 is 17.7 Å². The Kier molecular flexibility index (Phi) is 11.2. The predicted octanol–water partition coefficient (Wildman–Crippen LogP) is 7.03. The molecule has 0 saturated heterocycles. The molecule has 1 amide bonds. The van der Waals surface area contributed by atoms with E-state index in [9.17, 15) is 4.79 Å². The molecule has 0 radical (unpaired) electrons. The first kappa shape index (κ1) is 24.1. The van der Waals surface area contributed by atoms with E-state index in [0.29, 0.717) is 6.04 Å². The zero-order valence-corrected chi connectivity index (χ0v) is 19.5. The molecule has 3 rings (SSSR count). The number of nitrogens with zero attached hydrogens (tertiary/aromatic N) is 1. The minimum absolute atomic E-state index is 0.483. The van der Waals surface area contributed by atoms with Crippen molar-refractivity contribution in [3.63, 3.8) is 0 Å². The summed E-state index contributed by atoms with van der Waals surface area (Å²) in [6, 6.07) is 11.1. The minimum Gasteiger partial charge on any atom is -0.356 e. The van der Waals surface area contributed by atoms with Gasteiger partial charge >= 0.3 is 0 Å². The fraction of sp³-hybridized carbons (Fsp3) is 0.462. The van der Waals surface area contributed by atoms with Crippen molar-refractivity contribution in [3.8, 4) is 10.4 Å². The molecule has 1 aromatic heterocycles. The fourth-order valence-corrected chi connectivity index (χ4v) is 4.65. The molecule has 4 heteroatoms. The van der Waals surface area contributed by atoms with Crippen LogP contribution < -0.4 is 5.32 Å². The van der Waals surface area contributed by atoms with Crippen LogP contribution in [0.4, 0.5) is 0 Å². The molecule has 0 bridgehead atoms. The monoisotopic (exact) mass is 424 g/mol. The maximum Gasteiger partial charge on any atom is 0.207 e. The van der Waals surface area contributed by atoms with E-state index in [-0.39, 0.29) is 0 Å². The van der Waals surface area contributed by atoms with E-state index < -0.39 is 0 Å². The summed E-state index contributed by atoms with van der Waals surface area (Å²) >= 11 is 1.79. The molecular weight excluding hydrogens is 388 g/mol. The van der Waals surface area contributed by atoms with Crippen LogP contribution in [-0.4, -0.2) is 17.4 Å². The Morgan fingerprint density at radius 2 is 1.93 bits per heavy atom. The van der Waals surface area contributed by atoms with Crippen LogP contribution in [0.5, 0.6) is 0 Å². The number of hydrogen-bond donors (Lipinski definition) is 1. The van der Waals surface area contributed by atoms with Crippen molar-refractivity contribution in [2.45, 2.75) is 78.2 Å². The van der Waals surface area contributed by atoms with Gasteiger partial charge in [-0.25, -0.2) is 4.98 Å². The minimum atomic E-state index is 0.483. The first-order valence-corrected chi connectivity index (χ1v) is 12.0. The van der Waals surface area contributed by atoms with Gasteiger partial charge in [0.2, 0.25) is 6.41 Å². The van der Waals surface area contributed by atoms with Crippen LogP contribution >= 0.6 is 11.3 Å². The second-order valence-electron chi connectivity index (χ2n) is 7.74. The smallest absolute Gasteiger partial charge is 0.207 e. The summed E-state index contributed by atoms with van der Waals surface area (Å²) in [6.07, 6.45) is 17.0. The predicted molar refractivity (Wildman–Crippen MR) is 130 cm³/mol. The zero-order chi connectivity index (χ0) is 21.6. The van der Waals surface area contributed by atoms with Gasteiger partial charge in [-0.05, 0) is 44.2 Å². The van der Waals surface area contributed by atoms with Crippen molar-refractivity contribution in [2.75, 3.05) is 0 Å². The Morgan fingerprint density at radius 1 is 1.20 bits per heavy atom. The van der Waals surface area contributed by atoms with Gasteiger partial charge in [-0.3, -0.25) is 4.79 Å². The molecule has 30 heavy (non-hydrogen) atoms. The highest BCUT2D eigenvalue weighted by Crippen LogP contribution is 2.31. The third-order valence-corrected chi connectivity index (χ3v) is 6.26. The summed E-state index contributed by atoms with van der Waals surface area (Å²) in [7, 11) is 0. The summed E-state index contributed by atoms with van der Waals surface area (Å²) < 4.78 is 0. The fourth-order valence-electron chi connectivity index (χ4n) is 3.71. The van der Waals surface area contributed by atoms with Gasteiger partial charge in [0.15, 0.2) is 0 Å². The summed E-state index contributed by atoms with van der Waals surface area (Å²) in [5, 5.41) is 3.94. The Balaban J connectivity index is 0.000000297. The lowest BCUT2D eigenvalue weighted by atomic mass is 9.96. The number of nitrogens with one attached hydrogen (secondary N) is 1. The van der Waals surface area contributed by atoms with Crippen LogP contribution in [0, 0.1) is 6.92 Å². The van der Waals surface area contributed by atoms with Gasteiger partial charge < -0.3 is 5.32 Å². The van der Waals surface area contributed by atoms with Crippen LogP contribution in [0.3, 0.4) is 0 Å². The molecule has 0 unspecified atom stereocenters. The molecular formula is C26H36N2OS.